The molecule has 3 rings (SSSR count). The Morgan fingerprint density at radius 2 is 1.54 bits per heavy atom. The highest BCUT2D eigenvalue weighted by Crippen LogP contribution is 2.30. The van der Waals surface area contributed by atoms with Gasteiger partial charge in [0.25, 0.3) is 10.0 Å². The number of carboxylic acid groups (broad SMARTS) is 1. The van der Waals surface area contributed by atoms with Gasteiger partial charge >= 0.3 is 5.97 Å². The SMILES string of the molecule is O=C(O)c1cc2cc(Cl)ccc2n1S(=O)(=O)c1cc(Cl)cc(Cl)c1. The summed E-state index contributed by atoms with van der Waals surface area (Å²) in [6.45, 7) is 0. The maximum atomic E-state index is 13.0. The lowest BCUT2D eigenvalue weighted by Crippen LogP contribution is -2.18. The predicted molar refractivity (Wildman–Crippen MR) is 93.0 cm³/mol. The largest absolute Gasteiger partial charge is 0.477 e. The lowest BCUT2D eigenvalue weighted by atomic mass is 10.2. The Balaban J connectivity index is 2.39. The normalized spacial score (nSPS) is 11.8. The maximum absolute atomic E-state index is 13.0. The van der Waals surface area contributed by atoms with E-state index in [1.165, 1.54) is 42.5 Å². The first-order valence-corrected chi connectivity index (χ1v) is 9.03. The number of fused-ring (bicyclic) bond motifs is 1. The van der Waals surface area contributed by atoms with Gasteiger partial charge in [0.15, 0.2) is 0 Å². The molecule has 0 saturated heterocycles. The van der Waals surface area contributed by atoms with Gasteiger partial charge in [-0.15, -0.1) is 0 Å². The fourth-order valence-corrected chi connectivity index (χ4v) is 4.77. The Hall–Kier alpha value is -1.73. The van der Waals surface area contributed by atoms with Gasteiger partial charge in [-0.25, -0.2) is 17.2 Å². The summed E-state index contributed by atoms with van der Waals surface area (Å²) in [5.41, 5.74) is -0.226. The molecule has 9 heteroatoms. The Kier molecular flexibility index (Phi) is 4.25. The molecule has 0 spiro atoms. The fraction of sp³-hybridized carbons (Fsp3) is 0. The molecule has 0 aliphatic heterocycles. The summed E-state index contributed by atoms with van der Waals surface area (Å²) in [5.74, 6) is -1.39. The minimum absolute atomic E-state index is 0.123. The summed E-state index contributed by atoms with van der Waals surface area (Å²) in [7, 11) is -4.23. The maximum Gasteiger partial charge on any atom is 0.353 e. The van der Waals surface area contributed by atoms with Crippen LogP contribution in [0.15, 0.2) is 47.4 Å². The lowest BCUT2D eigenvalue weighted by Gasteiger charge is -2.11. The summed E-state index contributed by atoms with van der Waals surface area (Å²) >= 11 is 17.6. The monoisotopic (exact) mass is 403 g/mol. The second-order valence-electron chi connectivity index (χ2n) is 4.91. The molecule has 1 aromatic heterocycles. The number of halogens is 3. The topological polar surface area (TPSA) is 76.4 Å². The molecule has 0 saturated carbocycles. The van der Waals surface area contributed by atoms with E-state index in [1.54, 1.807) is 0 Å². The molecule has 0 unspecified atom stereocenters. The van der Waals surface area contributed by atoms with E-state index < -0.39 is 21.7 Å². The number of hydrogen-bond donors (Lipinski definition) is 1. The third kappa shape index (κ3) is 2.86. The van der Waals surface area contributed by atoms with E-state index in [4.69, 9.17) is 34.8 Å². The first-order chi connectivity index (χ1) is 11.2. The zero-order valence-electron chi connectivity index (χ0n) is 11.7. The molecule has 1 heterocycles. The van der Waals surface area contributed by atoms with Crippen molar-refractivity contribution < 1.29 is 18.3 Å². The molecule has 0 aliphatic rings. The van der Waals surface area contributed by atoms with Crippen molar-refractivity contribution in [3.63, 3.8) is 0 Å². The molecule has 0 aliphatic carbocycles. The van der Waals surface area contributed by atoms with Gasteiger partial charge in [0.2, 0.25) is 0 Å². The Morgan fingerprint density at radius 1 is 0.917 bits per heavy atom. The minimum Gasteiger partial charge on any atom is -0.477 e. The molecule has 5 nitrogen and oxygen atoms in total. The number of hydrogen-bond acceptors (Lipinski definition) is 3. The molecule has 3 aromatic rings. The van der Waals surface area contributed by atoms with E-state index in [0.717, 1.165) is 3.97 Å². The van der Waals surface area contributed by atoms with Crippen LogP contribution in [0.2, 0.25) is 15.1 Å². The van der Waals surface area contributed by atoms with Crippen LogP contribution in [0.25, 0.3) is 10.9 Å². The number of carboxylic acids is 1. The van der Waals surface area contributed by atoms with Gasteiger partial charge in [-0.1, -0.05) is 34.8 Å². The van der Waals surface area contributed by atoms with Crippen molar-refractivity contribution in [3.05, 3.63) is 63.2 Å². The van der Waals surface area contributed by atoms with Gasteiger partial charge in [0.1, 0.15) is 5.69 Å². The molecule has 0 bridgehead atoms. The number of nitrogens with zero attached hydrogens (tertiary/aromatic N) is 1. The van der Waals surface area contributed by atoms with E-state index in [9.17, 15) is 18.3 Å². The van der Waals surface area contributed by atoms with Gasteiger partial charge in [-0.2, -0.15) is 0 Å². The quantitative estimate of drug-likeness (QED) is 0.695. The van der Waals surface area contributed by atoms with Crippen molar-refractivity contribution in [2.24, 2.45) is 0 Å². The second-order valence-corrected chi connectivity index (χ2v) is 8.01. The van der Waals surface area contributed by atoms with Crippen molar-refractivity contribution in [2.45, 2.75) is 4.90 Å². The third-order valence-electron chi connectivity index (χ3n) is 3.31. The van der Waals surface area contributed by atoms with E-state index in [-0.39, 0.29) is 20.5 Å². The van der Waals surface area contributed by atoms with Crippen LogP contribution in [0.3, 0.4) is 0 Å². The fourth-order valence-electron chi connectivity index (χ4n) is 2.35. The van der Waals surface area contributed by atoms with Crippen LogP contribution in [0.1, 0.15) is 10.5 Å². The van der Waals surface area contributed by atoms with Crippen LogP contribution < -0.4 is 0 Å². The molecule has 24 heavy (non-hydrogen) atoms. The zero-order valence-corrected chi connectivity index (χ0v) is 14.8. The highest BCUT2D eigenvalue weighted by Gasteiger charge is 2.27. The molecule has 0 fully saturated rings. The molecule has 1 N–H and O–H groups in total. The van der Waals surface area contributed by atoms with Crippen LogP contribution >= 0.6 is 34.8 Å². The highest BCUT2D eigenvalue weighted by molar-refractivity contribution is 7.90. The second kappa shape index (κ2) is 5.97. The first-order valence-electron chi connectivity index (χ1n) is 6.46. The molecule has 0 amide bonds. The van der Waals surface area contributed by atoms with Gasteiger partial charge in [0, 0.05) is 20.5 Å². The Morgan fingerprint density at radius 3 is 2.12 bits per heavy atom. The third-order valence-corrected chi connectivity index (χ3v) is 5.69. The number of benzene rings is 2. The lowest BCUT2D eigenvalue weighted by molar-refractivity contribution is 0.0689. The van der Waals surface area contributed by atoms with Crippen LogP contribution in [-0.2, 0) is 10.0 Å². The minimum atomic E-state index is -4.23. The molecule has 2 aromatic carbocycles. The average molecular weight is 405 g/mol. The van der Waals surface area contributed by atoms with Crippen molar-refractivity contribution in [1.29, 1.82) is 0 Å². The van der Waals surface area contributed by atoms with Crippen molar-refractivity contribution >= 4 is 61.7 Å². The van der Waals surface area contributed by atoms with Crippen LogP contribution in [0.5, 0.6) is 0 Å². The molecule has 124 valence electrons. The van der Waals surface area contributed by atoms with Crippen LogP contribution in [-0.4, -0.2) is 23.5 Å². The summed E-state index contributed by atoms with van der Waals surface area (Å²) in [5, 5.41) is 10.4. The van der Waals surface area contributed by atoms with E-state index in [1.807, 2.05) is 0 Å². The average Bonchev–Trinajstić information content (AvgIpc) is 2.85. The highest BCUT2D eigenvalue weighted by atomic mass is 35.5. The summed E-state index contributed by atoms with van der Waals surface area (Å²) in [6.07, 6.45) is 0. The number of rotatable bonds is 3. The molecular formula is C15H8Cl3NO4S. The Labute approximate surface area is 152 Å². The van der Waals surface area contributed by atoms with Gasteiger partial charge < -0.3 is 5.11 Å². The molecular weight excluding hydrogens is 397 g/mol. The summed E-state index contributed by atoms with van der Waals surface area (Å²) in [6, 6.07) is 9.44. The number of carbonyl (C=O) groups is 1. The van der Waals surface area contributed by atoms with E-state index in [0.29, 0.717) is 10.4 Å². The summed E-state index contributed by atoms with van der Waals surface area (Å²) < 4.78 is 26.7. The van der Waals surface area contributed by atoms with Crippen molar-refractivity contribution in [1.82, 2.24) is 3.97 Å². The summed E-state index contributed by atoms with van der Waals surface area (Å²) in [4.78, 5) is 11.3. The first kappa shape index (κ1) is 17.1. The predicted octanol–water partition coefficient (Wildman–Crippen LogP) is 4.54. The zero-order chi connectivity index (χ0) is 17.6. The van der Waals surface area contributed by atoms with E-state index in [2.05, 4.69) is 0 Å². The molecule has 0 radical (unpaired) electrons. The number of aromatic nitrogens is 1. The van der Waals surface area contributed by atoms with Gasteiger partial charge in [-0.3, -0.25) is 0 Å². The van der Waals surface area contributed by atoms with Crippen LogP contribution in [0, 0.1) is 0 Å². The molecule has 0 atom stereocenters. The van der Waals surface area contributed by atoms with Crippen LogP contribution in [0.4, 0.5) is 0 Å². The standard InChI is InChI=1S/C15H8Cl3NO4S/c16-9-1-2-13-8(3-9)4-14(15(20)21)19(13)24(22,23)12-6-10(17)5-11(18)7-12/h1-7H,(H,20,21). The van der Waals surface area contributed by atoms with Gasteiger partial charge in [-0.05, 0) is 42.5 Å². The Bertz CT molecular complexity index is 1070. The van der Waals surface area contributed by atoms with Crippen molar-refractivity contribution in [2.75, 3.05) is 0 Å². The smallest absolute Gasteiger partial charge is 0.353 e. The van der Waals surface area contributed by atoms with Gasteiger partial charge in [0.05, 0.1) is 10.4 Å². The van der Waals surface area contributed by atoms with E-state index >= 15 is 0 Å². The number of aromatic carboxylic acids is 1. The van der Waals surface area contributed by atoms with Crippen molar-refractivity contribution in [3.8, 4) is 0 Å².